The molecular formula is C17H15Cl3N4O6S2. The standard InChI is InChI=1S/C17H15Cl3N4O6S2/c18-17(19,20)16(22-10-5-7-11(8-6-10)31(21,27)28)23-14(25)9-24-15(26)12-3-1-2-4-13(12)32(24,29)30/h1-8,16,22H,9H2,(H,23,25)(H2,21,27,28)/t16-/m0/s1. The van der Waals surface area contributed by atoms with E-state index in [-0.39, 0.29) is 21.0 Å². The molecule has 0 unspecified atom stereocenters. The molecule has 2 aromatic carbocycles. The number of amides is 2. The van der Waals surface area contributed by atoms with Gasteiger partial charge in [0.2, 0.25) is 19.7 Å². The van der Waals surface area contributed by atoms with Gasteiger partial charge in [-0.1, -0.05) is 46.9 Å². The van der Waals surface area contributed by atoms with Crippen LogP contribution < -0.4 is 15.8 Å². The molecule has 1 aliphatic rings. The molecule has 32 heavy (non-hydrogen) atoms. The summed E-state index contributed by atoms with van der Waals surface area (Å²) < 4.78 is 46.2. The first-order valence-electron chi connectivity index (χ1n) is 8.63. The topological polar surface area (TPSA) is 156 Å². The largest absolute Gasteiger partial charge is 0.362 e. The van der Waals surface area contributed by atoms with Crippen LogP contribution in [-0.4, -0.2) is 49.5 Å². The Morgan fingerprint density at radius 3 is 2.22 bits per heavy atom. The van der Waals surface area contributed by atoms with E-state index >= 15 is 0 Å². The molecule has 172 valence electrons. The Bertz CT molecular complexity index is 1280. The van der Waals surface area contributed by atoms with E-state index in [9.17, 15) is 26.4 Å². The number of nitrogens with two attached hydrogens (primary N) is 1. The van der Waals surface area contributed by atoms with Crippen molar-refractivity contribution in [3.05, 3.63) is 54.1 Å². The van der Waals surface area contributed by atoms with E-state index in [2.05, 4.69) is 10.6 Å². The van der Waals surface area contributed by atoms with E-state index in [4.69, 9.17) is 39.9 Å². The van der Waals surface area contributed by atoms with Crippen LogP contribution in [-0.2, 0) is 24.8 Å². The highest BCUT2D eigenvalue weighted by molar-refractivity contribution is 7.90. The van der Waals surface area contributed by atoms with Gasteiger partial charge >= 0.3 is 0 Å². The van der Waals surface area contributed by atoms with Gasteiger partial charge in [-0.15, -0.1) is 0 Å². The first kappa shape index (κ1) is 24.6. The Kier molecular flexibility index (Phi) is 6.67. The molecule has 15 heteroatoms. The van der Waals surface area contributed by atoms with Crippen LogP contribution in [0.5, 0.6) is 0 Å². The van der Waals surface area contributed by atoms with E-state index in [1.165, 1.54) is 48.5 Å². The second kappa shape index (κ2) is 8.69. The molecule has 0 spiro atoms. The molecule has 0 aliphatic carbocycles. The number of carbonyl (C=O) groups excluding carboxylic acids is 2. The maximum Gasteiger partial charge on any atom is 0.269 e. The molecule has 1 heterocycles. The minimum atomic E-state index is -4.20. The summed E-state index contributed by atoms with van der Waals surface area (Å²) in [5, 5.41) is 10.0. The Morgan fingerprint density at radius 1 is 1.09 bits per heavy atom. The highest BCUT2D eigenvalue weighted by Gasteiger charge is 2.42. The van der Waals surface area contributed by atoms with Crippen molar-refractivity contribution in [3.8, 4) is 0 Å². The van der Waals surface area contributed by atoms with Crippen LogP contribution in [0.2, 0.25) is 0 Å². The lowest BCUT2D eigenvalue weighted by atomic mass is 10.2. The summed E-state index contributed by atoms with van der Waals surface area (Å²) in [6.07, 6.45) is -1.37. The Morgan fingerprint density at radius 2 is 1.69 bits per heavy atom. The number of sulfonamides is 2. The van der Waals surface area contributed by atoms with Crippen LogP contribution in [0.15, 0.2) is 58.3 Å². The molecule has 0 aromatic heterocycles. The van der Waals surface area contributed by atoms with Crippen LogP contribution in [0, 0.1) is 0 Å². The van der Waals surface area contributed by atoms with Crippen molar-refractivity contribution in [2.75, 3.05) is 11.9 Å². The lowest BCUT2D eigenvalue weighted by Crippen LogP contribution is -2.52. The minimum absolute atomic E-state index is 0.0497. The summed E-state index contributed by atoms with van der Waals surface area (Å²) in [4.78, 5) is 24.6. The van der Waals surface area contributed by atoms with Gasteiger partial charge < -0.3 is 10.6 Å². The van der Waals surface area contributed by atoms with E-state index in [1.807, 2.05) is 0 Å². The minimum Gasteiger partial charge on any atom is -0.362 e. The fourth-order valence-corrected chi connectivity index (χ4v) is 5.20. The molecule has 2 amide bonds. The first-order valence-corrected chi connectivity index (χ1v) is 12.7. The summed E-state index contributed by atoms with van der Waals surface area (Å²) in [5.74, 6) is -1.78. The molecule has 10 nitrogen and oxygen atoms in total. The van der Waals surface area contributed by atoms with E-state index < -0.39 is 48.4 Å². The second-order valence-electron chi connectivity index (χ2n) is 6.57. The summed E-state index contributed by atoms with van der Waals surface area (Å²) in [6, 6.07) is 10.6. The highest BCUT2D eigenvalue weighted by atomic mass is 35.6. The molecule has 1 atom stereocenters. The average Bonchev–Trinajstić information content (AvgIpc) is 2.87. The molecule has 0 saturated heterocycles. The molecule has 0 fully saturated rings. The number of primary sulfonamides is 1. The van der Waals surface area contributed by atoms with Crippen molar-refractivity contribution < 1.29 is 26.4 Å². The number of anilines is 1. The van der Waals surface area contributed by atoms with Gasteiger partial charge in [0.05, 0.1) is 10.5 Å². The number of carbonyl (C=O) groups is 2. The maximum atomic E-state index is 12.6. The van der Waals surface area contributed by atoms with Gasteiger partial charge in [-0.05, 0) is 36.4 Å². The number of hydrogen-bond donors (Lipinski definition) is 3. The van der Waals surface area contributed by atoms with Crippen LogP contribution in [0.3, 0.4) is 0 Å². The fraction of sp³-hybridized carbons (Fsp3) is 0.176. The lowest BCUT2D eigenvalue weighted by Gasteiger charge is -2.28. The number of benzene rings is 2. The molecule has 3 rings (SSSR count). The summed E-state index contributed by atoms with van der Waals surface area (Å²) in [6.45, 7) is -0.848. The number of halogens is 3. The number of nitrogens with zero attached hydrogens (tertiary/aromatic N) is 1. The van der Waals surface area contributed by atoms with Gasteiger partial charge in [-0.2, -0.15) is 0 Å². The van der Waals surface area contributed by atoms with Gasteiger partial charge in [0.25, 0.3) is 15.9 Å². The van der Waals surface area contributed by atoms with Gasteiger partial charge in [0, 0.05) is 5.69 Å². The van der Waals surface area contributed by atoms with Crippen molar-refractivity contribution in [1.29, 1.82) is 0 Å². The van der Waals surface area contributed by atoms with Gasteiger partial charge in [0.15, 0.2) is 0 Å². The summed E-state index contributed by atoms with van der Waals surface area (Å²) in [7, 11) is -8.12. The highest BCUT2D eigenvalue weighted by Crippen LogP contribution is 2.32. The predicted octanol–water partition coefficient (Wildman–Crippen LogP) is 1.40. The van der Waals surface area contributed by atoms with Crippen molar-refractivity contribution in [2.24, 2.45) is 5.14 Å². The van der Waals surface area contributed by atoms with E-state index in [0.717, 1.165) is 0 Å². The molecule has 1 aliphatic heterocycles. The smallest absolute Gasteiger partial charge is 0.269 e. The zero-order valence-corrected chi connectivity index (χ0v) is 19.7. The molecule has 0 bridgehead atoms. The Hall–Kier alpha value is -2.09. The van der Waals surface area contributed by atoms with Gasteiger partial charge in [0.1, 0.15) is 17.6 Å². The first-order chi connectivity index (χ1) is 14.7. The number of hydrogen-bond acceptors (Lipinski definition) is 7. The molecule has 4 N–H and O–H groups in total. The number of nitrogens with one attached hydrogen (secondary N) is 2. The van der Waals surface area contributed by atoms with Crippen LogP contribution in [0.25, 0.3) is 0 Å². The normalized spacial score (nSPS) is 16.4. The van der Waals surface area contributed by atoms with Crippen molar-refractivity contribution >= 4 is 72.4 Å². The van der Waals surface area contributed by atoms with E-state index in [0.29, 0.717) is 4.31 Å². The average molecular weight is 542 g/mol. The zero-order valence-electron chi connectivity index (χ0n) is 15.8. The number of rotatable bonds is 6. The second-order valence-corrected chi connectivity index (χ2v) is 12.3. The molecular weight excluding hydrogens is 527 g/mol. The molecule has 0 radical (unpaired) electrons. The van der Waals surface area contributed by atoms with Crippen LogP contribution in [0.4, 0.5) is 5.69 Å². The lowest BCUT2D eigenvalue weighted by molar-refractivity contribution is -0.121. The summed E-state index contributed by atoms with van der Waals surface area (Å²) >= 11 is 17.7. The van der Waals surface area contributed by atoms with E-state index in [1.54, 1.807) is 0 Å². The SMILES string of the molecule is NS(=O)(=O)c1ccc(N[C@@H](NC(=O)CN2C(=O)c3ccccc3S2(=O)=O)C(Cl)(Cl)Cl)cc1. The third-order valence-electron chi connectivity index (χ3n) is 4.33. The third-order valence-corrected chi connectivity index (χ3v) is 7.70. The molecule has 0 saturated carbocycles. The number of alkyl halides is 3. The van der Waals surface area contributed by atoms with Crippen molar-refractivity contribution in [1.82, 2.24) is 9.62 Å². The predicted molar refractivity (Wildman–Crippen MR) is 118 cm³/mol. The third kappa shape index (κ3) is 5.11. The number of fused-ring (bicyclic) bond motifs is 1. The Balaban J connectivity index is 1.76. The van der Waals surface area contributed by atoms with Crippen molar-refractivity contribution in [3.63, 3.8) is 0 Å². The fourth-order valence-electron chi connectivity index (χ4n) is 2.83. The van der Waals surface area contributed by atoms with Crippen LogP contribution >= 0.6 is 34.8 Å². The Labute approximate surface area is 198 Å². The maximum absolute atomic E-state index is 12.6. The molecule has 2 aromatic rings. The van der Waals surface area contributed by atoms with Gasteiger partial charge in [-0.25, -0.2) is 26.3 Å². The quantitative estimate of drug-likeness (QED) is 0.369. The van der Waals surface area contributed by atoms with Gasteiger partial charge in [-0.3, -0.25) is 9.59 Å². The van der Waals surface area contributed by atoms with Crippen molar-refractivity contribution in [2.45, 2.75) is 19.7 Å². The monoisotopic (exact) mass is 540 g/mol. The van der Waals surface area contributed by atoms with Crippen LogP contribution in [0.1, 0.15) is 10.4 Å². The summed E-state index contributed by atoms with van der Waals surface area (Å²) in [5.41, 5.74) is 0.206. The zero-order chi connectivity index (χ0) is 23.9.